The second-order valence-electron chi connectivity index (χ2n) is 12.1. The second kappa shape index (κ2) is 9.46. The average molecular weight is 559 g/mol. The Morgan fingerprint density at radius 2 is 1.93 bits per heavy atom. The van der Waals surface area contributed by atoms with E-state index in [0.29, 0.717) is 35.3 Å². The number of alkyl halides is 1. The molecule has 0 saturated carbocycles. The van der Waals surface area contributed by atoms with Crippen molar-refractivity contribution in [1.82, 2.24) is 25.2 Å². The van der Waals surface area contributed by atoms with Gasteiger partial charge in [-0.3, -0.25) is 9.88 Å². The molecule has 4 aliphatic rings. The van der Waals surface area contributed by atoms with Gasteiger partial charge in [0.2, 0.25) is 0 Å². The number of anilines is 1. The number of aromatic nitrogens is 3. The Morgan fingerprint density at radius 1 is 1.07 bits per heavy atom. The summed E-state index contributed by atoms with van der Waals surface area (Å²) in [4.78, 5) is 18.3. The predicted octanol–water partition coefficient (Wildman–Crippen LogP) is 4.59. The van der Waals surface area contributed by atoms with E-state index in [4.69, 9.17) is 9.72 Å². The Balaban J connectivity index is 1.26. The molecule has 212 valence electrons. The molecule has 2 aromatic heterocycles. The van der Waals surface area contributed by atoms with Gasteiger partial charge in [-0.2, -0.15) is 9.97 Å². The number of nitrogens with one attached hydrogen (secondary N) is 1. The van der Waals surface area contributed by atoms with Gasteiger partial charge in [-0.05, 0) is 67.4 Å². The maximum Gasteiger partial charge on any atom is 0.319 e. The first-order valence-corrected chi connectivity index (χ1v) is 14.6. The zero-order valence-corrected chi connectivity index (χ0v) is 22.7. The molecule has 41 heavy (non-hydrogen) atoms. The van der Waals surface area contributed by atoms with Crippen LogP contribution in [0, 0.1) is 5.82 Å². The van der Waals surface area contributed by atoms with E-state index in [1.165, 1.54) is 0 Å². The number of halogens is 2. The van der Waals surface area contributed by atoms with Crippen molar-refractivity contribution in [2.75, 3.05) is 37.7 Å². The molecule has 0 amide bonds. The summed E-state index contributed by atoms with van der Waals surface area (Å²) in [6.45, 7) is 3.26. The van der Waals surface area contributed by atoms with E-state index in [1.807, 2.05) is 6.07 Å². The summed E-state index contributed by atoms with van der Waals surface area (Å²) in [7, 11) is 0. The fourth-order valence-corrected chi connectivity index (χ4v) is 7.77. The van der Waals surface area contributed by atoms with E-state index < -0.39 is 12.0 Å². The Hall–Kier alpha value is -3.63. The lowest BCUT2D eigenvalue weighted by molar-refractivity contribution is 0.107. The Bertz CT molecular complexity index is 1650. The minimum Gasteiger partial charge on any atom is -0.508 e. The lowest BCUT2D eigenvalue weighted by Crippen LogP contribution is -2.52. The minimum atomic E-state index is -0.866. The van der Waals surface area contributed by atoms with Crippen LogP contribution in [0.15, 0.2) is 42.7 Å². The highest BCUT2D eigenvalue weighted by Gasteiger charge is 2.49. The van der Waals surface area contributed by atoms with Crippen LogP contribution in [0.25, 0.3) is 32.8 Å². The maximum absolute atomic E-state index is 16.6. The molecule has 4 saturated heterocycles. The number of pyridine rings is 1. The zero-order chi connectivity index (χ0) is 27.7. The monoisotopic (exact) mass is 558 g/mol. The van der Waals surface area contributed by atoms with Crippen LogP contribution in [-0.2, 0) is 0 Å². The van der Waals surface area contributed by atoms with E-state index in [9.17, 15) is 9.50 Å². The third-order valence-corrected chi connectivity index (χ3v) is 9.65. The highest BCUT2D eigenvalue weighted by molar-refractivity contribution is 6.01. The summed E-state index contributed by atoms with van der Waals surface area (Å²) in [5.74, 6) is 0.230. The highest BCUT2D eigenvalue weighted by Crippen LogP contribution is 2.43. The van der Waals surface area contributed by atoms with Gasteiger partial charge in [-0.15, -0.1) is 0 Å². The number of hydrogen-bond donors (Lipinski definition) is 2. The van der Waals surface area contributed by atoms with Crippen LogP contribution in [0.3, 0.4) is 0 Å². The van der Waals surface area contributed by atoms with Crippen molar-refractivity contribution in [3.63, 3.8) is 0 Å². The van der Waals surface area contributed by atoms with Gasteiger partial charge < -0.3 is 20.1 Å². The van der Waals surface area contributed by atoms with Crippen LogP contribution < -0.4 is 15.0 Å². The van der Waals surface area contributed by atoms with E-state index in [1.54, 1.807) is 36.7 Å². The number of benzene rings is 2. The number of piperazine rings is 1. The van der Waals surface area contributed by atoms with Gasteiger partial charge in [0.25, 0.3) is 0 Å². The molecule has 0 aliphatic carbocycles. The number of ether oxygens (including phenoxy) is 1. The lowest BCUT2D eigenvalue weighted by Gasteiger charge is -2.37. The number of nitrogens with zero attached hydrogens (tertiary/aromatic N) is 5. The maximum atomic E-state index is 16.6. The first kappa shape index (κ1) is 25.1. The topological polar surface area (TPSA) is 86.6 Å². The largest absolute Gasteiger partial charge is 0.508 e. The van der Waals surface area contributed by atoms with Crippen molar-refractivity contribution < 1.29 is 18.6 Å². The van der Waals surface area contributed by atoms with E-state index >= 15 is 4.39 Å². The molecule has 2 N–H and O–H groups in total. The predicted molar refractivity (Wildman–Crippen MR) is 153 cm³/mol. The summed E-state index contributed by atoms with van der Waals surface area (Å²) in [6.07, 6.45) is 6.85. The van der Waals surface area contributed by atoms with Crippen LogP contribution >= 0.6 is 0 Å². The number of aromatic hydroxyl groups is 1. The molecule has 2 aromatic carbocycles. The molecular weight excluding hydrogens is 526 g/mol. The fraction of sp³-hybridized carbons (Fsp3) is 0.452. The number of phenolic OH excluding ortho intramolecular Hbond substituents is 1. The molecular formula is C31H32F2N6O2. The number of rotatable bonds is 5. The van der Waals surface area contributed by atoms with Gasteiger partial charge in [0.05, 0.1) is 5.54 Å². The van der Waals surface area contributed by atoms with Crippen LogP contribution in [0.4, 0.5) is 14.6 Å². The van der Waals surface area contributed by atoms with Crippen LogP contribution in [0.5, 0.6) is 11.8 Å². The summed E-state index contributed by atoms with van der Waals surface area (Å²) >= 11 is 0. The summed E-state index contributed by atoms with van der Waals surface area (Å²) < 4.78 is 37.3. The molecule has 0 unspecified atom stereocenters. The molecule has 4 aliphatic heterocycles. The van der Waals surface area contributed by atoms with Crippen molar-refractivity contribution in [3.8, 4) is 22.9 Å². The third kappa shape index (κ3) is 4.02. The number of phenols is 1. The summed E-state index contributed by atoms with van der Waals surface area (Å²) in [5, 5.41) is 16.1. The Kier molecular flexibility index (Phi) is 5.79. The van der Waals surface area contributed by atoms with E-state index in [-0.39, 0.29) is 41.5 Å². The molecule has 10 heteroatoms. The van der Waals surface area contributed by atoms with Crippen LogP contribution in [0.1, 0.15) is 32.1 Å². The molecule has 6 heterocycles. The molecule has 4 aromatic rings. The second-order valence-corrected chi connectivity index (χ2v) is 12.1. The molecule has 0 radical (unpaired) electrons. The number of fused-ring (bicyclic) bond motifs is 5. The Labute approximate surface area is 236 Å². The molecule has 8 nitrogen and oxygen atoms in total. The van der Waals surface area contributed by atoms with Gasteiger partial charge in [-0.1, -0.05) is 6.07 Å². The van der Waals surface area contributed by atoms with Crippen LogP contribution in [-0.4, -0.2) is 81.5 Å². The SMILES string of the molecule is Oc1cc(-c2ccc3c(N4[C@@H]5CC[C@H]4CNC5)nc(OC[C@@]45CCCN4C[C@H](F)C5)nc3c2F)c2cnccc2c1. The fourth-order valence-electron chi connectivity index (χ4n) is 7.77. The van der Waals surface area contributed by atoms with Crippen molar-refractivity contribution in [3.05, 3.63) is 48.5 Å². The smallest absolute Gasteiger partial charge is 0.319 e. The Morgan fingerprint density at radius 3 is 2.78 bits per heavy atom. The molecule has 0 spiro atoms. The standard InChI is InChI=1S/C31H32F2N6O2/c32-19-12-31(7-1-9-38(31)16-19)17-41-30-36-28-24(29(37-30)39-20-2-3-21(39)14-35-13-20)5-4-23(27(28)33)25-11-22(40)10-18-6-8-34-15-26(18)25/h4-6,8,10-11,15,19-21,35,40H,1-3,7,9,12-14,16-17H2/t19-,20-,21+,31+/m1/s1. The third-order valence-electron chi connectivity index (χ3n) is 9.65. The van der Waals surface area contributed by atoms with Gasteiger partial charge in [0, 0.05) is 66.9 Å². The molecule has 2 bridgehead atoms. The van der Waals surface area contributed by atoms with E-state index in [0.717, 1.165) is 56.1 Å². The quantitative estimate of drug-likeness (QED) is 0.368. The first-order valence-electron chi connectivity index (χ1n) is 14.6. The van der Waals surface area contributed by atoms with Crippen molar-refractivity contribution in [2.24, 2.45) is 0 Å². The van der Waals surface area contributed by atoms with Gasteiger partial charge in [0.1, 0.15) is 29.9 Å². The first-order chi connectivity index (χ1) is 20.0. The van der Waals surface area contributed by atoms with Gasteiger partial charge in [-0.25, -0.2) is 8.78 Å². The lowest BCUT2D eigenvalue weighted by atomic mass is 9.95. The van der Waals surface area contributed by atoms with Gasteiger partial charge in [0.15, 0.2) is 5.82 Å². The molecule has 4 fully saturated rings. The number of hydrogen-bond acceptors (Lipinski definition) is 8. The van der Waals surface area contributed by atoms with Crippen molar-refractivity contribution in [1.29, 1.82) is 0 Å². The minimum absolute atomic E-state index is 0.0473. The van der Waals surface area contributed by atoms with E-state index in [2.05, 4.69) is 25.1 Å². The average Bonchev–Trinajstić information content (AvgIpc) is 3.58. The molecule has 4 atom stereocenters. The zero-order valence-electron chi connectivity index (χ0n) is 22.7. The van der Waals surface area contributed by atoms with Crippen molar-refractivity contribution >= 4 is 27.5 Å². The van der Waals surface area contributed by atoms with Crippen LogP contribution in [0.2, 0.25) is 0 Å². The summed E-state index contributed by atoms with van der Waals surface area (Å²) in [5.41, 5.74) is 0.677. The summed E-state index contributed by atoms with van der Waals surface area (Å²) in [6, 6.07) is 9.25. The van der Waals surface area contributed by atoms with Crippen molar-refractivity contribution in [2.45, 2.75) is 55.9 Å². The normalized spacial score (nSPS) is 27.7. The highest BCUT2D eigenvalue weighted by atomic mass is 19.1. The van der Waals surface area contributed by atoms with Gasteiger partial charge >= 0.3 is 6.01 Å². The molecule has 8 rings (SSSR count).